The number of ether oxygens (including phenoxy) is 1. The van der Waals surface area contributed by atoms with Crippen LogP contribution in [0.3, 0.4) is 0 Å². The van der Waals surface area contributed by atoms with Crippen LogP contribution in [0.15, 0.2) is 22.8 Å². The minimum Gasteiger partial charge on any atom is -0.496 e. The van der Waals surface area contributed by atoms with Gasteiger partial charge in [0.05, 0.1) is 35.1 Å². The Bertz CT molecular complexity index is 805. The molecule has 1 N–H and O–H groups in total. The number of carbonyl (C=O) groups excluding carboxylic acids is 1. The molecule has 120 valence electrons. The molecule has 2 aromatic rings. The van der Waals surface area contributed by atoms with Crippen LogP contribution in [0, 0.1) is 13.8 Å². The minimum atomic E-state index is -0.0190. The van der Waals surface area contributed by atoms with E-state index >= 15 is 0 Å². The summed E-state index contributed by atoms with van der Waals surface area (Å²) in [5.74, 6) is 0.790. The highest BCUT2D eigenvalue weighted by Gasteiger charge is 2.30. The Morgan fingerprint density at radius 2 is 2.04 bits per heavy atom. The number of anilines is 2. The number of amides is 1. The lowest BCUT2D eigenvalue weighted by molar-refractivity contribution is 0.0817. The summed E-state index contributed by atoms with van der Waals surface area (Å²) in [7, 11) is 3.43. The molecule has 0 radical (unpaired) electrons. The predicted octanol–water partition coefficient (Wildman–Crippen LogP) is 3.80. The molecule has 0 atom stereocenters. The van der Waals surface area contributed by atoms with Gasteiger partial charge in [0, 0.05) is 24.5 Å². The van der Waals surface area contributed by atoms with Gasteiger partial charge in [0.2, 0.25) is 0 Å². The van der Waals surface area contributed by atoms with Gasteiger partial charge in [-0.15, -0.1) is 0 Å². The number of benzene rings is 1. The fraction of sp³-hybridized carbons (Fsp3) is 0.294. The van der Waals surface area contributed by atoms with Gasteiger partial charge in [-0.1, -0.05) is 6.07 Å². The summed E-state index contributed by atoms with van der Waals surface area (Å²) in [6, 6.07) is 3.94. The highest BCUT2D eigenvalue weighted by atomic mass is 79.9. The summed E-state index contributed by atoms with van der Waals surface area (Å²) in [6.07, 6.45) is 1.73. The van der Waals surface area contributed by atoms with E-state index in [1.54, 1.807) is 25.3 Å². The zero-order chi connectivity index (χ0) is 16.7. The number of nitrogens with one attached hydrogen (secondary N) is 1. The molecule has 3 rings (SSSR count). The van der Waals surface area contributed by atoms with Gasteiger partial charge in [0.25, 0.3) is 5.91 Å². The summed E-state index contributed by atoms with van der Waals surface area (Å²) >= 11 is 3.51. The van der Waals surface area contributed by atoms with E-state index in [4.69, 9.17) is 4.74 Å². The molecule has 1 amide bonds. The molecular formula is C17H18BrN3O2. The third-order valence-electron chi connectivity index (χ3n) is 4.15. The Morgan fingerprint density at radius 1 is 1.30 bits per heavy atom. The van der Waals surface area contributed by atoms with Crippen molar-refractivity contribution in [3.8, 4) is 5.75 Å². The van der Waals surface area contributed by atoms with Crippen molar-refractivity contribution in [3.63, 3.8) is 0 Å². The van der Waals surface area contributed by atoms with E-state index in [-0.39, 0.29) is 5.91 Å². The number of pyridine rings is 1. The molecule has 0 bridgehead atoms. The summed E-state index contributed by atoms with van der Waals surface area (Å²) in [6.45, 7) is 4.56. The highest BCUT2D eigenvalue weighted by molar-refractivity contribution is 9.10. The van der Waals surface area contributed by atoms with Crippen LogP contribution in [-0.2, 0) is 6.54 Å². The largest absolute Gasteiger partial charge is 0.496 e. The molecule has 0 saturated heterocycles. The van der Waals surface area contributed by atoms with Crippen LogP contribution in [0.5, 0.6) is 5.75 Å². The molecular weight excluding hydrogens is 358 g/mol. The molecule has 5 nitrogen and oxygen atoms in total. The fourth-order valence-corrected chi connectivity index (χ4v) is 3.25. The first-order chi connectivity index (χ1) is 10.9. The highest BCUT2D eigenvalue weighted by Crippen LogP contribution is 2.38. The summed E-state index contributed by atoms with van der Waals surface area (Å²) in [4.78, 5) is 18.5. The number of hydrogen-bond acceptors (Lipinski definition) is 4. The van der Waals surface area contributed by atoms with Crippen LogP contribution < -0.4 is 10.1 Å². The average molecular weight is 376 g/mol. The van der Waals surface area contributed by atoms with Gasteiger partial charge in [0.15, 0.2) is 0 Å². The molecule has 1 aromatic heterocycles. The molecule has 2 heterocycles. The predicted molar refractivity (Wildman–Crippen MR) is 93.5 cm³/mol. The maximum atomic E-state index is 12.5. The van der Waals surface area contributed by atoms with Gasteiger partial charge in [-0.2, -0.15) is 0 Å². The number of hydrogen-bond donors (Lipinski definition) is 1. The number of rotatable bonds is 3. The lowest BCUT2D eigenvalue weighted by Crippen LogP contribution is -2.18. The van der Waals surface area contributed by atoms with Crippen molar-refractivity contribution in [1.29, 1.82) is 0 Å². The Balaban J connectivity index is 2.13. The Hall–Kier alpha value is -2.08. The normalized spacial score (nSPS) is 13.3. The van der Waals surface area contributed by atoms with Gasteiger partial charge >= 0.3 is 0 Å². The molecule has 6 heteroatoms. The second-order valence-electron chi connectivity index (χ2n) is 5.67. The monoisotopic (exact) mass is 375 g/mol. The van der Waals surface area contributed by atoms with Crippen molar-refractivity contribution in [2.24, 2.45) is 0 Å². The molecule has 1 aliphatic rings. The molecule has 0 saturated carbocycles. The Morgan fingerprint density at radius 3 is 2.74 bits per heavy atom. The van der Waals surface area contributed by atoms with E-state index in [1.165, 1.54) is 0 Å². The van der Waals surface area contributed by atoms with Gasteiger partial charge < -0.3 is 15.0 Å². The summed E-state index contributed by atoms with van der Waals surface area (Å²) in [5.41, 5.74) is 5.21. The van der Waals surface area contributed by atoms with Crippen molar-refractivity contribution in [3.05, 3.63) is 45.2 Å². The fourth-order valence-electron chi connectivity index (χ4n) is 2.85. The quantitative estimate of drug-likeness (QED) is 0.886. The van der Waals surface area contributed by atoms with Crippen molar-refractivity contribution < 1.29 is 9.53 Å². The number of aromatic nitrogens is 1. The van der Waals surface area contributed by atoms with Crippen LogP contribution >= 0.6 is 15.9 Å². The van der Waals surface area contributed by atoms with Crippen molar-refractivity contribution in [2.75, 3.05) is 19.5 Å². The standard InChI is InChI=1S/C17H18BrN3O2/c1-9-5-6-13(23-4)10(2)15(9)20-16-11(18)7-19-12-8-21(3)17(22)14(12)16/h5-7H,8H2,1-4H3,(H,19,20). The number of carbonyl (C=O) groups is 1. The number of fused-ring (bicyclic) bond motifs is 1. The first kappa shape index (κ1) is 15.8. The van der Waals surface area contributed by atoms with Crippen LogP contribution in [0.25, 0.3) is 0 Å². The lowest BCUT2D eigenvalue weighted by Gasteiger charge is -2.18. The second kappa shape index (κ2) is 5.85. The second-order valence-corrected chi connectivity index (χ2v) is 6.53. The van der Waals surface area contributed by atoms with Crippen molar-refractivity contribution >= 4 is 33.2 Å². The number of aryl methyl sites for hydroxylation is 1. The SMILES string of the molecule is COc1ccc(C)c(Nc2c(Br)cnc3c2C(=O)N(C)C3)c1C. The first-order valence-corrected chi connectivity index (χ1v) is 8.07. The third kappa shape index (κ3) is 2.57. The molecule has 0 spiro atoms. The van der Waals surface area contributed by atoms with E-state index in [0.717, 1.165) is 38.4 Å². The van der Waals surface area contributed by atoms with E-state index in [2.05, 4.69) is 26.2 Å². The first-order valence-electron chi connectivity index (χ1n) is 7.28. The molecule has 23 heavy (non-hydrogen) atoms. The Kier molecular flexibility index (Phi) is 4.02. The van der Waals surface area contributed by atoms with Crippen molar-refractivity contribution in [2.45, 2.75) is 20.4 Å². The van der Waals surface area contributed by atoms with Crippen LogP contribution in [0.2, 0.25) is 0 Å². The third-order valence-corrected chi connectivity index (χ3v) is 4.75. The average Bonchev–Trinajstić information content (AvgIpc) is 2.81. The van der Waals surface area contributed by atoms with Crippen LogP contribution in [-0.4, -0.2) is 29.9 Å². The molecule has 0 fully saturated rings. The lowest BCUT2D eigenvalue weighted by atomic mass is 10.1. The summed E-state index contributed by atoms with van der Waals surface area (Å²) < 4.78 is 6.17. The Labute approximate surface area is 143 Å². The topological polar surface area (TPSA) is 54.5 Å². The van der Waals surface area contributed by atoms with Gasteiger partial charge in [-0.25, -0.2) is 0 Å². The molecule has 0 unspecified atom stereocenters. The molecule has 1 aromatic carbocycles. The maximum absolute atomic E-state index is 12.5. The van der Waals surface area contributed by atoms with Gasteiger partial charge in [-0.05, 0) is 41.4 Å². The smallest absolute Gasteiger partial charge is 0.258 e. The van der Waals surface area contributed by atoms with E-state index in [1.807, 2.05) is 26.0 Å². The maximum Gasteiger partial charge on any atom is 0.258 e. The van der Waals surface area contributed by atoms with E-state index < -0.39 is 0 Å². The molecule has 1 aliphatic heterocycles. The van der Waals surface area contributed by atoms with Crippen molar-refractivity contribution in [1.82, 2.24) is 9.88 Å². The number of nitrogens with zero attached hydrogens (tertiary/aromatic N) is 2. The number of methoxy groups -OCH3 is 1. The summed E-state index contributed by atoms with van der Waals surface area (Å²) in [5, 5.41) is 3.42. The van der Waals surface area contributed by atoms with Gasteiger partial charge in [0.1, 0.15) is 5.75 Å². The van der Waals surface area contributed by atoms with Gasteiger partial charge in [-0.3, -0.25) is 9.78 Å². The zero-order valence-corrected chi connectivity index (χ0v) is 15.1. The minimum absolute atomic E-state index is 0.0190. The molecule has 0 aliphatic carbocycles. The van der Waals surface area contributed by atoms with E-state index in [9.17, 15) is 4.79 Å². The van der Waals surface area contributed by atoms with Crippen LogP contribution in [0.4, 0.5) is 11.4 Å². The van der Waals surface area contributed by atoms with Crippen LogP contribution in [0.1, 0.15) is 27.2 Å². The zero-order valence-electron chi connectivity index (χ0n) is 13.5. The number of halogens is 1. The van der Waals surface area contributed by atoms with E-state index in [0.29, 0.717) is 12.1 Å².